The van der Waals surface area contributed by atoms with Crippen LogP contribution in [0.4, 0.5) is 15.8 Å². The van der Waals surface area contributed by atoms with Crippen molar-refractivity contribution in [2.75, 3.05) is 29.9 Å². The Labute approximate surface area is 146 Å². The van der Waals surface area contributed by atoms with Crippen LogP contribution in [0.15, 0.2) is 48.5 Å². The van der Waals surface area contributed by atoms with Crippen LogP contribution in [0.25, 0.3) is 0 Å². The van der Waals surface area contributed by atoms with Crippen molar-refractivity contribution < 1.29 is 14.0 Å². The summed E-state index contributed by atoms with van der Waals surface area (Å²) in [6, 6.07) is 12.7. The molecule has 0 fully saturated rings. The molecule has 0 aliphatic carbocycles. The first-order chi connectivity index (χ1) is 12.0. The molecule has 5 nitrogen and oxygen atoms in total. The van der Waals surface area contributed by atoms with Gasteiger partial charge in [0.15, 0.2) is 0 Å². The standard InChI is InChI=1S/C19H22FN3O2/c1-3-23(4-2)17-11-9-16(10-12-17)22-18(24)13-21-19(25)14-5-7-15(20)8-6-14/h5-12H,3-4,13H2,1-2H3,(H,21,25)(H,22,24). The Morgan fingerprint density at radius 2 is 1.56 bits per heavy atom. The Hall–Kier alpha value is -2.89. The lowest BCUT2D eigenvalue weighted by molar-refractivity contribution is -0.115. The average Bonchev–Trinajstić information content (AvgIpc) is 2.63. The summed E-state index contributed by atoms with van der Waals surface area (Å²) >= 11 is 0. The van der Waals surface area contributed by atoms with Crippen molar-refractivity contribution in [3.05, 3.63) is 59.9 Å². The van der Waals surface area contributed by atoms with Gasteiger partial charge in [-0.2, -0.15) is 0 Å². The van der Waals surface area contributed by atoms with Crippen LogP contribution in [-0.2, 0) is 4.79 Å². The molecule has 0 aliphatic rings. The third-order valence-electron chi connectivity index (χ3n) is 3.80. The molecule has 0 atom stereocenters. The number of rotatable bonds is 7. The van der Waals surface area contributed by atoms with E-state index < -0.39 is 11.7 Å². The zero-order chi connectivity index (χ0) is 18.2. The number of nitrogens with zero attached hydrogens (tertiary/aromatic N) is 1. The summed E-state index contributed by atoms with van der Waals surface area (Å²) < 4.78 is 12.8. The molecule has 2 N–H and O–H groups in total. The molecule has 0 heterocycles. The Morgan fingerprint density at radius 1 is 0.960 bits per heavy atom. The van der Waals surface area contributed by atoms with Crippen LogP contribution in [-0.4, -0.2) is 31.4 Å². The van der Waals surface area contributed by atoms with Gasteiger partial charge in [0.2, 0.25) is 5.91 Å². The van der Waals surface area contributed by atoms with Gasteiger partial charge in [-0.1, -0.05) is 0 Å². The minimum absolute atomic E-state index is 0.159. The van der Waals surface area contributed by atoms with Crippen LogP contribution in [0.3, 0.4) is 0 Å². The number of halogens is 1. The fourth-order valence-electron chi connectivity index (χ4n) is 2.41. The van der Waals surface area contributed by atoms with E-state index in [2.05, 4.69) is 29.4 Å². The highest BCUT2D eigenvalue weighted by Crippen LogP contribution is 2.17. The first kappa shape index (κ1) is 18.4. The second-order valence-corrected chi connectivity index (χ2v) is 5.46. The molecule has 0 saturated carbocycles. The van der Waals surface area contributed by atoms with E-state index in [4.69, 9.17) is 0 Å². The molecule has 0 radical (unpaired) electrons. The van der Waals surface area contributed by atoms with Crippen LogP contribution in [0.1, 0.15) is 24.2 Å². The molecule has 2 rings (SSSR count). The second-order valence-electron chi connectivity index (χ2n) is 5.46. The van der Waals surface area contributed by atoms with Gasteiger partial charge < -0.3 is 15.5 Å². The Kier molecular flexibility index (Phi) is 6.51. The smallest absolute Gasteiger partial charge is 0.251 e. The zero-order valence-electron chi connectivity index (χ0n) is 14.4. The molecule has 0 saturated heterocycles. The molecule has 2 aromatic carbocycles. The van der Waals surface area contributed by atoms with Gasteiger partial charge in [-0.05, 0) is 62.4 Å². The van der Waals surface area contributed by atoms with Crippen LogP contribution in [0.5, 0.6) is 0 Å². The summed E-state index contributed by atoms with van der Waals surface area (Å²) in [7, 11) is 0. The lowest BCUT2D eigenvalue weighted by Gasteiger charge is -2.21. The highest BCUT2D eigenvalue weighted by Gasteiger charge is 2.09. The van der Waals surface area contributed by atoms with Gasteiger partial charge in [0.25, 0.3) is 5.91 Å². The zero-order valence-corrected chi connectivity index (χ0v) is 14.4. The van der Waals surface area contributed by atoms with Crippen LogP contribution >= 0.6 is 0 Å². The van der Waals surface area contributed by atoms with Gasteiger partial charge in [0.05, 0.1) is 6.54 Å². The topological polar surface area (TPSA) is 61.4 Å². The summed E-state index contributed by atoms with van der Waals surface area (Å²) in [5.41, 5.74) is 2.06. The Morgan fingerprint density at radius 3 is 2.12 bits per heavy atom. The minimum Gasteiger partial charge on any atom is -0.372 e. The molecular formula is C19H22FN3O2. The second kappa shape index (κ2) is 8.82. The summed E-state index contributed by atoms with van der Waals surface area (Å²) in [6.45, 7) is 5.84. The number of benzene rings is 2. The van der Waals surface area contributed by atoms with E-state index in [0.29, 0.717) is 11.3 Å². The van der Waals surface area contributed by atoms with Gasteiger partial charge in [-0.3, -0.25) is 9.59 Å². The van der Waals surface area contributed by atoms with Crippen molar-refractivity contribution in [3.8, 4) is 0 Å². The monoisotopic (exact) mass is 343 g/mol. The fourth-order valence-corrected chi connectivity index (χ4v) is 2.41. The predicted molar refractivity (Wildman–Crippen MR) is 97.4 cm³/mol. The van der Waals surface area contributed by atoms with E-state index in [1.807, 2.05) is 24.3 Å². The number of hydrogen-bond donors (Lipinski definition) is 2. The van der Waals surface area contributed by atoms with Crippen LogP contribution in [0.2, 0.25) is 0 Å². The highest BCUT2D eigenvalue weighted by atomic mass is 19.1. The van der Waals surface area contributed by atoms with E-state index in [9.17, 15) is 14.0 Å². The number of nitrogens with one attached hydrogen (secondary N) is 2. The van der Waals surface area contributed by atoms with Gasteiger partial charge in [0.1, 0.15) is 5.82 Å². The summed E-state index contributed by atoms with van der Waals surface area (Å²) in [5.74, 6) is -1.17. The van der Waals surface area contributed by atoms with Gasteiger partial charge in [-0.15, -0.1) is 0 Å². The van der Waals surface area contributed by atoms with Gasteiger partial charge >= 0.3 is 0 Å². The maximum Gasteiger partial charge on any atom is 0.251 e. The SMILES string of the molecule is CCN(CC)c1ccc(NC(=O)CNC(=O)c2ccc(F)cc2)cc1. The first-order valence-electron chi connectivity index (χ1n) is 8.22. The van der Waals surface area contributed by atoms with E-state index in [1.54, 1.807) is 0 Å². The third kappa shape index (κ3) is 5.31. The van der Waals surface area contributed by atoms with Crippen molar-refractivity contribution >= 4 is 23.2 Å². The number of carbonyl (C=O) groups is 2. The highest BCUT2D eigenvalue weighted by molar-refractivity contribution is 5.99. The molecule has 0 bridgehead atoms. The number of amides is 2. The fraction of sp³-hybridized carbons (Fsp3) is 0.263. The van der Waals surface area contributed by atoms with E-state index in [-0.39, 0.29) is 12.5 Å². The molecule has 0 spiro atoms. The molecule has 2 aromatic rings. The van der Waals surface area contributed by atoms with E-state index >= 15 is 0 Å². The van der Waals surface area contributed by atoms with Gasteiger partial charge in [-0.25, -0.2) is 4.39 Å². The Bertz CT molecular complexity index is 710. The van der Waals surface area contributed by atoms with Crippen LogP contribution in [0, 0.1) is 5.82 Å². The molecule has 0 aromatic heterocycles. The molecule has 6 heteroatoms. The molecule has 2 amide bonds. The number of anilines is 2. The average molecular weight is 343 g/mol. The van der Waals surface area contributed by atoms with E-state index in [1.165, 1.54) is 24.3 Å². The molecule has 132 valence electrons. The first-order valence-corrected chi connectivity index (χ1v) is 8.22. The quantitative estimate of drug-likeness (QED) is 0.812. The molecular weight excluding hydrogens is 321 g/mol. The van der Waals surface area contributed by atoms with E-state index in [0.717, 1.165) is 18.8 Å². The molecule has 0 unspecified atom stereocenters. The summed E-state index contributed by atoms with van der Waals surface area (Å²) in [4.78, 5) is 26.0. The van der Waals surface area contributed by atoms with Crippen molar-refractivity contribution in [2.45, 2.75) is 13.8 Å². The number of carbonyl (C=O) groups excluding carboxylic acids is 2. The van der Waals surface area contributed by atoms with Gasteiger partial charge in [0, 0.05) is 30.0 Å². The summed E-state index contributed by atoms with van der Waals surface area (Å²) in [6.07, 6.45) is 0. The lowest BCUT2D eigenvalue weighted by atomic mass is 10.2. The third-order valence-corrected chi connectivity index (χ3v) is 3.80. The van der Waals surface area contributed by atoms with Crippen molar-refractivity contribution in [1.29, 1.82) is 0 Å². The van der Waals surface area contributed by atoms with Crippen LogP contribution < -0.4 is 15.5 Å². The lowest BCUT2D eigenvalue weighted by Crippen LogP contribution is -2.32. The van der Waals surface area contributed by atoms with Crippen molar-refractivity contribution in [2.24, 2.45) is 0 Å². The summed E-state index contributed by atoms with van der Waals surface area (Å²) in [5, 5.41) is 5.23. The Balaban J connectivity index is 1.85. The predicted octanol–water partition coefficient (Wildman–Crippen LogP) is 3.04. The van der Waals surface area contributed by atoms with Crippen molar-refractivity contribution in [1.82, 2.24) is 5.32 Å². The minimum atomic E-state index is -0.424. The maximum atomic E-state index is 12.8. The number of hydrogen-bond acceptors (Lipinski definition) is 3. The maximum absolute atomic E-state index is 12.8. The molecule has 0 aliphatic heterocycles. The molecule has 25 heavy (non-hydrogen) atoms. The largest absolute Gasteiger partial charge is 0.372 e. The van der Waals surface area contributed by atoms with Crippen molar-refractivity contribution in [3.63, 3.8) is 0 Å². The normalized spacial score (nSPS) is 10.2.